The van der Waals surface area contributed by atoms with Crippen LogP contribution in [-0.4, -0.2) is 26.9 Å². The molecule has 98 valence electrons. The molecule has 0 aliphatic heterocycles. The van der Waals surface area contributed by atoms with E-state index in [0.717, 1.165) is 30.6 Å². The lowest BCUT2D eigenvalue weighted by molar-refractivity contribution is 0.396. The standard InChI is InChI=1S/C12H19N5O/c1-4-6-13-10(5-2)12-17-16-11(18-12)9-7-14-15-8(9)3/h7,10,13H,4-6H2,1-3H3,(H,14,15). The fourth-order valence-electron chi connectivity index (χ4n) is 1.78. The van der Waals surface area contributed by atoms with Crippen LogP contribution in [0.5, 0.6) is 0 Å². The molecule has 0 radical (unpaired) electrons. The van der Waals surface area contributed by atoms with Crippen molar-refractivity contribution in [2.75, 3.05) is 6.54 Å². The minimum atomic E-state index is 0.124. The first-order valence-corrected chi connectivity index (χ1v) is 6.33. The van der Waals surface area contributed by atoms with Crippen molar-refractivity contribution in [2.24, 2.45) is 0 Å². The van der Waals surface area contributed by atoms with E-state index in [1.165, 1.54) is 0 Å². The van der Waals surface area contributed by atoms with E-state index < -0.39 is 0 Å². The third kappa shape index (κ3) is 2.59. The molecule has 2 heterocycles. The number of H-pyrrole nitrogens is 1. The minimum Gasteiger partial charge on any atom is -0.419 e. The van der Waals surface area contributed by atoms with Crippen molar-refractivity contribution in [1.82, 2.24) is 25.7 Å². The second-order valence-electron chi connectivity index (χ2n) is 4.27. The van der Waals surface area contributed by atoms with E-state index in [9.17, 15) is 0 Å². The summed E-state index contributed by atoms with van der Waals surface area (Å²) in [6, 6.07) is 0.124. The van der Waals surface area contributed by atoms with E-state index >= 15 is 0 Å². The van der Waals surface area contributed by atoms with Gasteiger partial charge in [0.05, 0.1) is 17.8 Å². The number of rotatable bonds is 6. The highest BCUT2D eigenvalue weighted by Crippen LogP contribution is 2.23. The minimum absolute atomic E-state index is 0.124. The van der Waals surface area contributed by atoms with E-state index in [4.69, 9.17) is 4.42 Å². The van der Waals surface area contributed by atoms with Crippen LogP contribution >= 0.6 is 0 Å². The number of aryl methyl sites for hydroxylation is 1. The van der Waals surface area contributed by atoms with Crippen LogP contribution in [0, 0.1) is 6.92 Å². The maximum atomic E-state index is 5.71. The zero-order valence-corrected chi connectivity index (χ0v) is 11.0. The average molecular weight is 249 g/mol. The Kier molecular flexibility index (Phi) is 4.09. The lowest BCUT2D eigenvalue weighted by Gasteiger charge is -2.11. The molecule has 0 saturated heterocycles. The van der Waals surface area contributed by atoms with Gasteiger partial charge in [-0.05, 0) is 26.3 Å². The average Bonchev–Trinajstić information content (AvgIpc) is 2.99. The Morgan fingerprint density at radius 3 is 2.83 bits per heavy atom. The lowest BCUT2D eigenvalue weighted by Crippen LogP contribution is -2.21. The molecule has 18 heavy (non-hydrogen) atoms. The molecule has 2 aromatic heterocycles. The normalized spacial score (nSPS) is 12.8. The van der Waals surface area contributed by atoms with Crippen LogP contribution < -0.4 is 5.32 Å². The summed E-state index contributed by atoms with van der Waals surface area (Å²) in [5, 5.41) is 18.4. The van der Waals surface area contributed by atoms with Gasteiger partial charge in [-0.25, -0.2) is 0 Å². The zero-order chi connectivity index (χ0) is 13.0. The molecule has 1 unspecified atom stereocenters. The van der Waals surface area contributed by atoms with E-state index in [-0.39, 0.29) is 6.04 Å². The number of aromatic amines is 1. The molecule has 2 rings (SSSR count). The molecular formula is C12H19N5O. The Labute approximate surface area is 106 Å². The molecule has 2 N–H and O–H groups in total. The lowest BCUT2D eigenvalue weighted by atomic mass is 10.2. The van der Waals surface area contributed by atoms with E-state index in [2.05, 4.69) is 39.6 Å². The van der Waals surface area contributed by atoms with Gasteiger partial charge in [-0.15, -0.1) is 10.2 Å². The summed E-state index contributed by atoms with van der Waals surface area (Å²) in [6.07, 6.45) is 3.71. The smallest absolute Gasteiger partial charge is 0.251 e. The van der Waals surface area contributed by atoms with Crippen molar-refractivity contribution < 1.29 is 4.42 Å². The molecule has 2 aromatic rings. The van der Waals surface area contributed by atoms with Crippen molar-refractivity contribution in [3.8, 4) is 11.5 Å². The summed E-state index contributed by atoms with van der Waals surface area (Å²) < 4.78 is 5.71. The summed E-state index contributed by atoms with van der Waals surface area (Å²) >= 11 is 0. The number of hydrogen-bond donors (Lipinski definition) is 2. The van der Waals surface area contributed by atoms with Gasteiger partial charge >= 0.3 is 0 Å². The zero-order valence-electron chi connectivity index (χ0n) is 11.0. The van der Waals surface area contributed by atoms with Crippen LogP contribution in [0.3, 0.4) is 0 Å². The van der Waals surface area contributed by atoms with Gasteiger partial charge in [0.2, 0.25) is 5.89 Å². The number of hydrogen-bond acceptors (Lipinski definition) is 5. The van der Waals surface area contributed by atoms with E-state index in [1.807, 2.05) is 6.92 Å². The highest BCUT2D eigenvalue weighted by Gasteiger charge is 2.18. The number of aromatic nitrogens is 4. The Balaban J connectivity index is 2.16. The monoisotopic (exact) mass is 249 g/mol. The fraction of sp³-hybridized carbons (Fsp3) is 0.583. The summed E-state index contributed by atoms with van der Waals surface area (Å²) in [6.45, 7) is 7.11. The molecule has 0 saturated carbocycles. The second-order valence-corrected chi connectivity index (χ2v) is 4.27. The van der Waals surface area contributed by atoms with Crippen LogP contribution in [-0.2, 0) is 0 Å². The van der Waals surface area contributed by atoms with Crippen molar-refractivity contribution in [1.29, 1.82) is 0 Å². The number of nitrogens with zero attached hydrogens (tertiary/aromatic N) is 3. The molecule has 0 fully saturated rings. The molecule has 0 aromatic carbocycles. The highest BCUT2D eigenvalue weighted by molar-refractivity contribution is 5.53. The van der Waals surface area contributed by atoms with Gasteiger partial charge in [0.25, 0.3) is 5.89 Å². The summed E-state index contributed by atoms with van der Waals surface area (Å²) in [4.78, 5) is 0. The van der Waals surface area contributed by atoms with Crippen LogP contribution in [0.1, 0.15) is 44.3 Å². The summed E-state index contributed by atoms with van der Waals surface area (Å²) in [7, 11) is 0. The summed E-state index contributed by atoms with van der Waals surface area (Å²) in [5.41, 5.74) is 1.79. The van der Waals surface area contributed by atoms with Gasteiger partial charge in [-0.2, -0.15) is 5.10 Å². The highest BCUT2D eigenvalue weighted by atomic mass is 16.4. The van der Waals surface area contributed by atoms with Gasteiger partial charge in [0.1, 0.15) is 0 Å². The molecule has 0 aliphatic carbocycles. The van der Waals surface area contributed by atoms with Crippen molar-refractivity contribution in [3.63, 3.8) is 0 Å². The topological polar surface area (TPSA) is 79.6 Å². The van der Waals surface area contributed by atoms with Gasteiger partial charge in [-0.1, -0.05) is 13.8 Å². The predicted molar refractivity (Wildman–Crippen MR) is 67.9 cm³/mol. The van der Waals surface area contributed by atoms with Gasteiger partial charge in [-0.3, -0.25) is 5.10 Å². The first-order valence-electron chi connectivity index (χ1n) is 6.33. The van der Waals surface area contributed by atoms with Crippen LogP contribution in [0.25, 0.3) is 11.5 Å². The first kappa shape index (κ1) is 12.8. The van der Waals surface area contributed by atoms with Crippen molar-refractivity contribution in [3.05, 3.63) is 17.8 Å². The van der Waals surface area contributed by atoms with Gasteiger partial charge < -0.3 is 9.73 Å². The Morgan fingerprint density at radius 1 is 1.39 bits per heavy atom. The molecule has 1 atom stereocenters. The van der Waals surface area contributed by atoms with E-state index in [0.29, 0.717) is 11.8 Å². The predicted octanol–water partition coefficient (Wildman–Crippen LogP) is 2.22. The fourth-order valence-corrected chi connectivity index (χ4v) is 1.78. The van der Waals surface area contributed by atoms with Crippen LogP contribution in [0.15, 0.2) is 10.6 Å². The Morgan fingerprint density at radius 2 is 2.22 bits per heavy atom. The molecule has 0 spiro atoms. The molecule has 0 bridgehead atoms. The SMILES string of the molecule is CCCNC(CC)c1nnc(-c2cn[nH]c2C)o1. The summed E-state index contributed by atoms with van der Waals surface area (Å²) in [5.74, 6) is 1.16. The maximum Gasteiger partial charge on any atom is 0.251 e. The molecule has 6 nitrogen and oxygen atoms in total. The van der Waals surface area contributed by atoms with Crippen molar-refractivity contribution in [2.45, 2.75) is 39.7 Å². The maximum absolute atomic E-state index is 5.71. The third-order valence-corrected chi connectivity index (χ3v) is 2.85. The number of nitrogens with one attached hydrogen (secondary N) is 2. The second kappa shape index (κ2) is 5.77. The first-order chi connectivity index (χ1) is 8.76. The quantitative estimate of drug-likeness (QED) is 0.820. The van der Waals surface area contributed by atoms with Crippen molar-refractivity contribution >= 4 is 0 Å². The molecular weight excluding hydrogens is 230 g/mol. The largest absolute Gasteiger partial charge is 0.419 e. The third-order valence-electron chi connectivity index (χ3n) is 2.85. The molecule has 6 heteroatoms. The van der Waals surface area contributed by atoms with E-state index in [1.54, 1.807) is 6.20 Å². The Bertz CT molecular complexity index is 490. The van der Waals surface area contributed by atoms with Gasteiger partial charge in [0.15, 0.2) is 0 Å². The van der Waals surface area contributed by atoms with Gasteiger partial charge in [0, 0.05) is 5.69 Å². The Hall–Kier alpha value is -1.69. The van der Waals surface area contributed by atoms with Crippen LogP contribution in [0.2, 0.25) is 0 Å². The van der Waals surface area contributed by atoms with Crippen LogP contribution in [0.4, 0.5) is 0 Å². The molecule has 0 amide bonds. The molecule has 0 aliphatic rings.